The average molecular weight is 126 g/mol. The second kappa shape index (κ2) is 3.28. The van der Waals surface area contributed by atoms with Crippen molar-refractivity contribution < 1.29 is 0 Å². The Morgan fingerprint density at radius 2 is 1.75 bits per heavy atom. The Kier molecular flexibility index (Phi) is 2.60. The minimum absolute atomic E-state index is 1.05. The zero-order chi connectivity index (χ0) is 5.82. The number of hydrogen-bond acceptors (Lipinski definition) is 0. The Labute approximate surface area is 55.1 Å². The smallest absolute Gasteiger partial charge is 0.0147 e. The maximum Gasteiger partial charge on any atom is 0.0147 e. The van der Waals surface area contributed by atoms with Gasteiger partial charge in [0.25, 0.3) is 0 Å². The van der Waals surface area contributed by atoms with Gasteiger partial charge in [0.05, 0.1) is 0 Å². The van der Waals surface area contributed by atoms with Crippen LogP contribution in [0.5, 0.6) is 0 Å². The molecule has 0 aromatic carbocycles. The maximum absolute atomic E-state index is 2.85. The molecule has 1 heteroatoms. The molecule has 0 saturated heterocycles. The van der Waals surface area contributed by atoms with Crippen LogP contribution >= 0.6 is 0 Å². The highest BCUT2D eigenvalue weighted by atomic mass is 28.1. The van der Waals surface area contributed by atoms with Gasteiger partial charge in [-0.2, -0.15) is 0 Å². The molecule has 1 aliphatic rings. The lowest BCUT2D eigenvalue weighted by Gasteiger charge is -2.18. The van der Waals surface area contributed by atoms with Crippen LogP contribution in [0.15, 0.2) is 0 Å². The van der Waals surface area contributed by atoms with Crippen molar-refractivity contribution in [3.8, 4) is 0 Å². The number of rotatable bonds is 1. The molecule has 0 spiro atoms. The van der Waals surface area contributed by atoms with Crippen LogP contribution in [0, 0.1) is 5.92 Å². The fourth-order valence-corrected chi connectivity index (χ4v) is 1.89. The Hall–Kier alpha value is 0.217. The molecule has 1 saturated carbocycles. The molecule has 8 heavy (non-hydrogen) atoms. The molecule has 0 aliphatic heterocycles. The molecule has 1 rings (SSSR count). The van der Waals surface area contributed by atoms with E-state index < -0.39 is 0 Å². The van der Waals surface area contributed by atoms with Gasteiger partial charge in [0.2, 0.25) is 0 Å². The standard InChI is InChI=1S/C7H14Si/c8-6-7-4-2-1-3-5-7/h7-8H,1-6H2. The van der Waals surface area contributed by atoms with Crippen molar-refractivity contribution in [2.24, 2.45) is 5.92 Å². The molecule has 1 fully saturated rings. The Balaban J connectivity index is 2.13. The lowest BCUT2D eigenvalue weighted by molar-refractivity contribution is 0.385. The Bertz CT molecular complexity index is 55.4. The molecule has 0 nitrogen and oxygen atoms in total. The second-order valence-corrected chi connectivity index (χ2v) is 3.21. The van der Waals surface area contributed by atoms with Crippen molar-refractivity contribution in [2.75, 3.05) is 0 Å². The molecular weight excluding hydrogens is 112 g/mol. The highest BCUT2D eigenvalue weighted by Gasteiger charge is 2.09. The van der Waals surface area contributed by atoms with Gasteiger partial charge in [0.15, 0.2) is 0 Å². The first-order valence-electron chi connectivity index (χ1n) is 3.63. The Morgan fingerprint density at radius 1 is 1.12 bits per heavy atom. The second-order valence-electron chi connectivity index (χ2n) is 2.74. The highest BCUT2D eigenvalue weighted by Crippen LogP contribution is 2.25. The van der Waals surface area contributed by atoms with Gasteiger partial charge in [-0.3, -0.25) is 0 Å². The fraction of sp³-hybridized carbons (Fsp3) is 1.00. The van der Waals surface area contributed by atoms with E-state index >= 15 is 0 Å². The summed E-state index contributed by atoms with van der Waals surface area (Å²) in [6, 6.07) is 1.33. The summed E-state index contributed by atoms with van der Waals surface area (Å²) in [4.78, 5) is 0. The molecule has 2 radical (unpaired) electrons. The van der Waals surface area contributed by atoms with Gasteiger partial charge in [0.1, 0.15) is 0 Å². The van der Waals surface area contributed by atoms with E-state index in [-0.39, 0.29) is 0 Å². The molecule has 0 heterocycles. The molecular formula is C7H14Si. The van der Waals surface area contributed by atoms with E-state index in [4.69, 9.17) is 0 Å². The van der Waals surface area contributed by atoms with Crippen molar-refractivity contribution in [3.05, 3.63) is 0 Å². The summed E-state index contributed by atoms with van der Waals surface area (Å²) >= 11 is 0. The summed E-state index contributed by atoms with van der Waals surface area (Å²) in [5, 5.41) is 0. The monoisotopic (exact) mass is 126 g/mol. The third-order valence-electron chi connectivity index (χ3n) is 2.06. The van der Waals surface area contributed by atoms with Crippen molar-refractivity contribution in [1.82, 2.24) is 0 Å². The first-order valence-corrected chi connectivity index (χ1v) is 4.45. The molecule has 1 aliphatic carbocycles. The summed E-state index contributed by atoms with van der Waals surface area (Å²) in [5.41, 5.74) is 0. The largest absolute Gasteiger partial charge is 0.0617 e. The normalized spacial score (nSPS) is 23.6. The third kappa shape index (κ3) is 1.62. The first kappa shape index (κ1) is 6.34. The van der Waals surface area contributed by atoms with Crippen LogP contribution in [0.1, 0.15) is 32.1 Å². The zero-order valence-corrected chi connectivity index (χ0v) is 6.55. The minimum Gasteiger partial charge on any atom is -0.0617 e. The van der Waals surface area contributed by atoms with Gasteiger partial charge in [-0.25, -0.2) is 0 Å². The van der Waals surface area contributed by atoms with Gasteiger partial charge >= 0.3 is 0 Å². The summed E-state index contributed by atoms with van der Waals surface area (Å²) in [7, 11) is 2.85. The molecule has 46 valence electrons. The van der Waals surface area contributed by atoms with Crippen LogP contribution in [-0.2, 0) is 0 Å². The molecule has 0 unspecified atom stereocenters. The van der Waals surface area contributed by atoms with Gasteiger partial charge in [-0.1, -0.05) is 38.1 Å². The van der Waals surface area contributed by atoms with Crippen molar-refractivity contribution >= 4 is 10.2 Å². The molecule has 0 amide bonds. The van der Waals surface area contributed by atoms with E-state index in [9.17, 15) is 0 Å². The van der Waals surface area contributed by atoms with E-state index in [0.29, 0.717) is 0 Å². The number of hydrogen-bond donors (Lipinski definition) is 0. The minimum atomic E-state index is 1.05. The van der Waals surface area contributed by atoms with E-state index in [1.807, 2.05) is 0 Å². The predicted octanol–water partition coefficient (Wildman–Crippen LogP) is 1.89. The third-order valence-corrected chi connectivity index (χ3v) is 2.72. The summed E-state index contributed by atoms with van der Waals surface area (Å²) in [6.07, 6.45) is 7.44. The van der Waals surface area contributed by atoms with Gasteiger partial charge in [-0.05, 0) is 5.92 Å². The Morgan fingerprint density at radius 3 is 2.12 bits per heavy atom. The lowest BCUT2D eigenvalue weighted by atomic mass is 9.91. The van der Waals surface area contributed by atoms with Crippen LogP contribution in [0.4, 0.5) is 0 Å². The van der Waals surface area contributed by atoms with Crippen molar-refractivity contribution in [1.29, 1.82) is 0 Å². The predicted molar refractivity (Wildman–Crippen MR) is 38.5 cm³/mol. The molecule has 0 bridgehead atoms. The van der Waals surface area contributed by atoms with E-state index in [0.717, 1.165) is 5.92 Å². The van der Waals surface area contributed by atoms with Gasteiger partial charge < -0.3 is 0 Å². The summed E-state index contributed by atoms with van der Waals surface area (Å²) in [6.45, 7) is 0. The van der Waals surface area contributed by atoms with Crippen LogP contribution in [0.3, 0.4) is 0 Å². The lowest BCUT2D eigenvalue weighted by Crippen LogP contribution is -2.04. The average Bonchev–Trinajstić information content (AvgIpc) is 1.90. The van der Waals surface area contributed by atoms with Crippen molar-refractivity contribution in [3.63, 3.8) is 0 Å². The quantitative estimate of drug-likeness (QED) is 0.471. The SMILES string of the molecule is [SiH]CC1CCCCC1. The molecule has 0 aromatic rings. The highest BCUT2D eigenvalue weighted by molar-refractivity contribution is 6.08. The van der Waals surface area contributed by atoms with Gasteiger partial charge in [-0.15, -0.1) is 0 Å². The van der Waals surface area contributed by atoms with Crippen LogP contribution < -0.4 is 0 Å². The molecule has 0 N–H and O–H groups in total. The maximum atomic E-state index is 2.85. The molecule has 0 atom stereocenters. The van der Waals surface area contributed by atoms with Crippen LogP contribution in [0.2, 0.25) is 6.04 Å². The summed E-state index contributed by atoms with van der Waals surface area (Å²) < 4.78 is 0. The fourth-order valence-electron chi connectivity index (χ4n) is 1.42. The molecule has 0 aromatic heterocycles. The topological polar surface area (TPSA) is 0 Å². The first-order chi connectivity index (χ1) is 3.93. The van der Waals surface area contributed by atoms with E-state index in [2.05, 4.69) is 10.2 Å². The van der Waals surface area contributed by atoms with Crippen molar-refractivity contribution in [2.45, 2.75) is 38.1 Å². The van der Waals surface area contributed by atoms with Crippen LogP contribution in [-0.4, -0.2) is 10.2 Å². The van der Waals surface area contributed by atoms with Crippen LogP contribution in [0.25, 0.3) is 0 Å². The van der Waals surface area contributed by atoms with E-state index in [1.165, 1.54) is 38.1 Å². The van der Waals surface area contributed by atoms with Gasteiger partial charge in [0, 0.05) is 10.2 Å². The summed E-state index contributed by atoms with van der Waals surface area (Å²) in [5.74, 6) is 1.05. The zero-order valence-electron chi connectivity index (χ0n) is 5.40. The van der Waals surface area contributed by atoms with E-state index in [1.54, 1.807) is 0 Å².